The van der Waals surface area contributed by atoms with E-state index in [2.05, 4.69) is 32.9 Å². The van der Waals surface area contributed by atoms with E-state index < -0.39 is 18.1 Å². The first kappa shape index (κ1) is 19.6. The molecular formula is C22H29NO4. The number of aliphatic hydroxyl groups is 1. The van der Waals surface area contributed by atoms with Crippen molar-refractivity contribution in [3.63, 3.8) is 0 Å². The van der Waals surface area contributed by atoms with Gasteiger partial charge in [0.15, 0.2) is 0 Å². The predicted molar refractivity (Wildman–Crippen MR) is 104 cm³/mol. The zero-order valence-electron chi connectivity index (χ0n) is 16.5. The van der Waals surface area contributed by atoms with Gasteiger partial charge in [0, 0.05) is 0 Å². The van der Waals surface area contributed by atoms with E-state index in [-0.39, 0.29) is 23.3 Å². The monoisotopic (exact) mass is 371 g/mol. The Kier molecular flexibility index (Phi) is 5.43. The number of carbonyl (C=O) groups is 2. The van der Waals surface area contributed by atoms with Crippen LogP contribution in [0.25, 0.3) is 0 Å². The van der Waals surface area contributed by atoms with E-state index >= 15 is 0 Å². The number of aliphatic hydroxyl groups excluding tert-OH is 1. The summed E-state index contributed by atoms with van der Waals surface area (Å²) in [5.41, 5.74) is 2.30. The maximum atomic E-state index is 12.9. The summed E-state index contributed by atoms with van der Waals surface area (Å²) in [5, 5.41) is 9.56. The van der Waals surface area contributed by atoms with Gasteiger partial charge in [0.1, 0.15) is 6.04 Å². The fourth-order valence-corrected chi connectivity index (χ4v) is 3.97. The molecule has 0 bridgehead atoms. The molecule has 1 fully saturated rings. The quantitative estimate of drug-likeness (QED) is 0.609. The summed E-state index contributed by atoms with van der Waals surface area (Å²) in [5.74, 6) is -0.767. The molecule has 5 heteroatoms. The number of β-lactam (4-membered cyclic amide) rings is 1. The summed E-state index contributed by atoms with van der Waals surface area (Å²) in [6.45, 7) is 6.48. The Morgan fingerprint density at radius 2 is 1.96 bits per heavy atom. The van der Waals surface area contributed by atoms with Crippen molar-refractivity contribution in [3.05, 3.63) is 47.6 Å². The molecule has 0 aromatic heterocycles. The summed E-state index contributed by atoms with van der Waals surface area (Å²) in [7, 11) is 1.37. The van der Waals surface area contributed by atoms with Gasteiger partial charge in [-0.15, -0.1) is 0 Å². The van der Waals surface area contributed by atoms with Gasteiger partial charge in [0.25, 0.3) is 0 Å². The number of allylic oxidation sites excluding steroid dienone is 4. The van der Waals surface area contributed by atoms with E-state index in [1.54, 1.807) is 11.0 Å². The third-order valence-corrected chi connectivity index (χ3v) is 5.61. The molecule has 0 aromatic carbocycles. The summed E-state index contributed by atoms with van der Waals surface area (Å²) in [6, 6.07) is -0.662. The lowest BCUT2D eigenvalue weighted by Crippen LogP contribution is -2.67. The molecule has 27 heavy (non-hydrogen) atoms. The van der Waals surface area contributed by atoms with Gasteiger partial charge < -0.3 is 14.7 Å². The number of ether oxygens (including phenoxy) is 1. The lowest BCUT2D eigenvalue weighted by atomic mass is 9.77. The molecule has 2 unspecified atom stereocenters. The van der Waals surface area contributed by atoms with Gasteiger partial charge in [-0.3, -0.25) is 4.79 Å². The van der Waals surface area contributed by atoms with Gasteiger partial charge in [-0.1, -0.05) is 62.8 Å². The van der Waals surface area contributed by atoms with Gasteiger partial charge in [-0.25, -0.2) is 4.79 Å². The highest BCUT2D eigenvalue weighted by Crippen LogP contribution is 2.39. The van der Waals surface area contributed by atoms with Crippen LogP contribution in [0, 0.1) is 11.3 Å². The number of amides is 1. The Labute approximate surface area is 161 Å². The summed E-state index contributed by atoms with van der Waals surface area (Å²) >= 11 is 0. The number of hydrogen-bond donors (Lipinski definition) is 1. The Morgan fingerprint density at radius 1 is 1.22 bits per heavy atom. The van der Waals surface area contributed by atoms with Gasteiger partial charge in [0.05, 0.1) is 25.2 Å². The number of rotatable bonds is 4. The Morgan fingerprint density at radius 3 is 2.48 bits per heavy atom. The van der Waals surface area contributed by atoms with Crippen LogP contribution < -0.4 is 0 Å². The Balaban J connectivity index is 1.73. The highest BCUT2D eigenvalue weighted by atomic mass is 16.5. The van der Waals surface area contributed by atoms with Gasteiger partial charge in [-0.05, 0) is 30.3 Å². The number of nitrogens with zero attached hydrogens (tertiary/aromatic N) is 1. The van der Waals surface area contributed by atoms with Gasteiger partial charge >= 0.3 is 5.97 Å². The molecule has 146 valence electrons. The van der Waals surface area contributed by atoms with E-state index in [0.29, 0.717) is 19.3 Å². The topological polar surface area (TPSA) is 66.8 Å². The van der Waals surface area contributed by atoms with E-state index in [1.165, 1.54) is 12.7 Å². The molecule has 5 nitrogen and oxygen atoms in total. The third kappa shape index (κ3) is 3.93. The molecule has 0 spiro atoms. The van der Waals surface area contributed by atoms with Crippen molar-refractivity contribution >= 4 is 11.9 Å². The van der Waals surface area contributed by atoms with Crippen molar-refractivity contribution in [1.29, 1.82) is 0 Å². The second-order valence-electron chi connectivity index (χ2n) is 8.54. The molecule has 4 atom stereocenters. The molecule has 1 N–H and O–H groups in total. The first-order valence-electron chi connectivity index (χ1n) is 9.56. The van der Waals surface area contributed by atoms with Crippen LogP contribution in [0.5, 0.6) is 0 Å². The van der Waals surface area contributed by atoms with Crippen molar-refractivity contribution in [2.75, 3.05) is 7.11 Å². The first-order chi connectivity index (χ1) is 12.7. The Bertz CT molecular complexity index is 738. The van der Waals surface area contributed by atoms with Crippen LogP contribution in [0.1, 0.15) is 40.0 Å². The van der Waals surface area contributed by atoms with E-state index in [4.69, 9.17) is 4.74 Å². The number of likely N-dealkylation sites (tertiary alicyclic amines) is 1. The molecule has 0 radical (unpaired) electrons. The molecule has 3 rings (SSSR count). The molecule has 0 aromatic rings. The zero-order chi connectivity index (χ0) is 19.8. The van der Waals surface area contributed by atoms with Gasteiger partial charge in [-0.2, -0.15) is 0 Å². The van der Waals surface area contributed by atoms with Gasteiger partial charge in [0.2, 0.25) is 5.91 Å². The molecule has 1 saturated heterocycles. The van der Waals surface area contributed by atoms with Crippen LogP contribution in [-0.2, 0) is 14.3 Å². The van der Waals surface area contributed by atoms with Crippen LogP contribution in [0.4, 0.5) is 0 Å². The molecule has 1 aliphatic heterocycles. The largest absolute Gasteiger partial charge is 0.467 e. The minimum atomic E-state index is -0.553. The number of carbonyl (C=O) groups excluding carboxylic acids is 2. The molecule has 3 aliphatic rings. The number of methoxy groups -OCH3 is 1. The molecule has 1 amide bonds. The zero-order valence-corrected chi connectivity index (χ0v) is 16.5. The van der Waals surface area contributed by atoms with Crippen molar-refractivity contribution < 1.29 is 19.4 Å². The van der Waals surface area contributed by atoms with Crippen LogP contribution >= 0.6 is 0 Å². The summed E-state index contributed by atoms with van der Waals surface area (Å²) in [6.07, 6.45) is 13.1. The maximum Gasteiger partial charge on any atom is 0.329 e. The average molecular weight is 371 g/mol. The number of esters is 1. The highest BCUT2D eigenvalue weighted by Gasteiger charge is 2.54. The lowest BCUT2D eigenvalue weighted by Gasteiger charge is -2.49. The third-order valence-electron chi connectivity index (χ3n) is 5.61. The normalized spacial score (nSPS) is 30.6. The van der Waals surface area contributed by atoms with Crippen molar-refractivity contribution in [1.82, 2.24) is 4.90 Å². The average Bonchev–Trinajstić information content (AvgIpc) is 2.64. The van der Waals surface area contributed by atoms with Crippen molar-refractivity contribution in [2.24, 2.45) is 11.3 Å². The second-order valence-corrected chi connectivity index (χ2v) is 8.54. The maximum absolute atomic E-state index is 12.9. The van der Waals surface area contributed by atoms with E-state index in [0.717, 1.165) is 5.57 Å². The minimum absolute atomic E-state index is 0.00641. The SMILES string of the molecule is COC(=O)[C@@H]1[C@H](CC2=CCC(O)C=C2)C(=O)N1C1C=CC(C(C)(C)C)=CC1. The smallest absolute Gasteiger partial charge is 0.329 e. The van der Waals surface area contributed by atoms with Crippen LogP contribution in [-0.4, -0.2) is 47.2 Å². The standard InChI is InChI=1S/C22H29NO4/c1-22(2,3)15-7-9-16(10-8-15)23-19(21(26)27-4)18(20(23)25)13-14-5-11-17(24)12-6-14/h5-9,11,16-19,24H,10,12-13H2,1-4H3/t16?,17?,18-,19-/m0/s1. The fourth-order valence-electron chi connectivity index (χ4n) is 3.97. The van der Waals surface area contributed by atoms with Crippen LogP contribution in [0.3, 0.4) is 0 Å². The fraction of sp³-hybridized carbons (Fsp3) is 0.545. The predicted octanol–water partition coefficient (Wildman–Crippen LogP) is 2.92. The second kappa shape index (κ2) is 7.47. The summed E-state index contributed by atoms with van der Waals surface area (Å²) < 4.78 is 4.99. The minimum Gasteiger partial charge on any atom is -0.467 e. The Hall–Kier alpha value is -2.14. The molecular weight excluding hydrogens is 342 g/mol. The summed E-state index contributed by atoms with van der Waals surface area (Å²) in [4.78, 5) is 26.9. The van der Waals surface area contributed by atoms with E-state index in [9.17, 15) is 14.7 Å². The lowest BCUT2D eigenvalue weighted by molar-refractivity contribution is -0.175. The van der Waals surface area contributed by atoms with Crippen LogP contribution in [0.15, 0.2) is 47.6 Å². The first-order valence-corrected chi connectivity index (χ1v) is 9.56. The van der Waals surface area contributed by atoms with Crippen molar-refractivity contribution in [3.8, 4) is 0 Å². The molecule has 1 heterocycles. The van der Waals surface area contributed by atoms with E-state index in [1.807, 2.05) is 18.2 Å². The molecule has 0 saturated carbocycles. The number of hydrogen-bond acceptors (Lipinski definition) is 4. The van der Waals surface area contributed by atoms with Crippen LogP contribution in [0.2, 0.25) is 0 Å². The molecule has 2 aliphatic carbocycles. The highest BCUT2D eigenvalue weighted by molar-refractivity contribution is 5.97. The van der Waals surface area contributed by atoms with Crippen molar-refractivity contribution in [2.45, 2.75) is 58.2 Å².